The summed E-state index contributed by atoms with van der Waals surface area (Å²) in [6, 6.07) is 18.5. The zero-order chi connectivity index (χ0) is 15.8. The molecule has 0 aliphatic carbocycles. The molecule has 0 aliphatic rings. The Morgan fingerprint density at radius 3 is 2.78 bits per heavy atom. The predicted octanol–water partition coefficient (Wildman–Crippen LogP) is 4.69. The van der Waals surface area contributed by atoms with E-state index >= 15 is 0 Å². The number of methoxy groups -OCH3 is 1. The van der Waals surface area contributed by atoms with Crippen molar-refractivity contribution in [3.8, 4) is 0 Å². The van der Waals surface area contributed by atoms with Crippen molar-refractivity contribution in [1.29, 1.82) is 0 Å². The topological polar surface area (TPSA) is 31.2 Å². The van der Waals surface area contributed by atoms with E-state index in [1.54, 1.807) is 11.3 Å². The van der Waals surface area contributed by atoms with Crippen LogP contribution in [0.4, 0.5) is 0 Å². The molecule has 4 heteroatoms. The number of carbonyl (C=O) groups excluding carboxylic acids is 1. The van der Waals surface area contributed by atoms with Gasteiger partial charge in [-0.2, -0.15) is 0 Å². The maximum atomic E-state index is 12.1. The minimum Gasteiger partial charge on any atom is -0.464 e. The number of rotatable bonds is 3. The zero-order valence-electron chi connectivity index (χ0n) is 12.7. The molecular formula is C19H15NO2S. The number of hydrogen-bond donors (Lipinski definition) is 0. The summed E-state index contributed by atoms with van der Waals surface area (Å²) in [5.74, 6) is -0.298. The molecule has 0 N–H and O–H groups in total. The highest BCUT2D eigenvalue weighted by atomic mass is 32.1. The van der Waals surface area contributed by atoms with Crippen molar-refractivity contribution in [1.82, 2.24) is 4.57 Å². The van der Waals surface area contributed by atoms with Crippen LogP contribution >= 0.6 is 11.3 Å². The maximum Gasteiger partial charge on any atom is 0.354 e. The van der Waals surface area contributed by atoms with E-state index in [-0.39, 0.29) is 5.97 Å². The van der Waals surface area contributed by atoms with Gasteiger partial charge in [0.2, 0.25) is 0 Å². The van der Waals surface area contributed by atoms with Gasteiger partial charge in [-0.05, 0) is 33.8 Å². The molecule has 0 unspecified atom stereocenters. The highest BCUT2D eigenvalue weighted by molar-refractivity contribution is 7.16. The number of benzene rings is 2. The number of thiophene rings is 1. The first-order valence-electron chi connectivity index (χ1n) is 7.39. The number of fused-ring (bicyclic) bond motifs is 2. The quantitative estimate of drug-likeness (QED) is 0.513. The van der Waals surface area contributed by atoms with Gasteiger partial charge in [0.25, 0.3) is 0 Å². The largest absolute Gasteiger partial charge is 0.464 e. The average Bonchev–Trinajstić information content (AvgIpc) is 3.17. The fraction of sp³-hybridized carbons (Fsp3) is 0.105. The predicted molar refractivity (Wildman–Crippen MR) is 94.2 cm³/mol. The number of esters is 1. The Morgan fingerprint density at radius 1 is 1.09 bits per heavy atom. The monoisotopic (exact) mass is 321 g/mol. The molecule has 0 fully saturated rings. The summed E-state index contributed by atoms with van der Waals surface area (Å²) in [5, 5.41) is 5.55. The van der Waals surface area contributed by atoms with Crippen LogP contribution in [-0.4, -0.2) is 17.6 Å². The SMILES string of the molecule is COC(=O)c1cc2ccsc2n1Cc1cccc2ccccc12. The Balaban J connectivity index is 1.89. The molecule has 4 aromatic rings. The molecule has 0 atom stereocenters. The first-order valence-corrected chi connectivity index (χ1v) is 8.27. The van der Waals surface area contributed by atoms with Crippen LogP contribution in [0.1, 0.15) is 16.1 Å². The van der Waals surface area contributed by atoms with Crippen LogP contribution in [-0.2, 0) is 11.3 Å². The van der Waals surface area contributed by atoms with Gasteiger partial charge in [0, 0.05) is 11.9 Å². The van der Waals surface area contributed by atoms with E-state index in [0.717, 1.165) is 10.2 Å². The normalized spacial score (nSPS) is 11.2. The molecule has 0 saturated carbocycles. The molecule has 114 valence electrons. The molecule has 2 aromatic carbocycles. The Kier molecular flexibility index (Phi) is 3.39. The first kappa shape index (κ1) is 14.0. The smallest absolute Gasteiger partial charge is 0.354 e. The molecule has 0 bridgehead atoms. The summed E-state index contributed by atoms with van der Waals surface area (Å²) in [4.78, 5) is 13.2. The van der Waals surface area contributed by atoms with Gasteiger partial charge in [0.15, 0.2) is 0 Å². The second-order valence-electron chi connectivity index (χ2n) is 5.43. The molecule has 2 heterocycles. The summed E-state index contributed by atoms with van der Waals surface area (Å²) in [7, 11) is 1.42. The van der Waals surface area contributed by atoms with Crippen molar-refractivity contribution in [3.63, 3.8) is 0 Å². The van der Waals surface area contributed by atoms with Crippen molar-refractivity contribution in [2.24, 2.45) is 0 Å². The zero-order valence-corrected chi connectivity index (χ0v) is 13.5. The molecule has 0 aliphatic heterocycles. The molecule has 3 nitrogen and oxygen atoms in total. The van der Waals surface area contributed by atoms with Gasteiger partial charge in [-0.3, -0.25) is 0 Å². The van der Waals surface area contributed by atoms with Crippen LogP contribution in [0.5, 0.6) is 0 Å². The second kappa shape index (κ2) is 5.56. The van der Waals surface area contributed by atoms with Gasteiger partial charge in [0.05, 0.1) is 7.11 Å². The van der Waals surface area contributed by atoms with E-state index in [9.17, 15) is 4.79 Å². The van der Waals surface area contributed by atoms with E-state index in [2.05, 4.69) is 30.3 Å². The lowest BCUT2D eigenvalue weighted by atomic mass is 10.0. The summed E-state index contributed by atoms with van der Waals surface area (Å²) >= 11 is 1.64. The van der Waals surface area contributed by atoms with Crippen LogP contribution in [0.2, 0.25) is 0 Å². The summed E-state index contributed by atoms with van der Waals surface area (Å²) in [6.45, 7) is 0.649. The van der Waals surface area contributed by atoms with Crippen molar-refractivity contribution in [3.05, 3.63) is 71.2 Å². The Hall–Kier alpha value is -2.59. The molecule has 0 amide bonds. The van der Waals surface area contributed by atoms with Gasteiger partial charge >= 0.3 is 5.97 Å². The van der Waals surface area contributed by atoms with E-state index in [1.807, 2.05) is 34.2 Å². The fourth-order valence-corrected chi connectivity index (χ4v) is 3.90. The highest BCUT2D eigenvalue weighted by Gasteiger charge is 2.17. The molecule has 0 radical (unpaired) electrons. The Bertz CT molecular complexity index is 1010. The second-order valence-corrected chi connectivity index (χ2v) is 6.32. The van der Waals surface area contributed by atoms with E-state index in [4.69, 9.17) is 4.74 Å². The van der Waals surface area contributed by atoms with E-state index in [1.165, 1.54) is 23.4 Å². The minimum atomic E-state index is -0.298. The number of ether oxygens (including phenoxy) is 1. The molecule has 0 spiro atoms. The van der Waals surface area contributed by atoms with E-state index in [0.29, 0.717) is 12.2 Å². The van der Waals surface area contributed by atoms with Crippen molar-refractivity contribution in [2.75, 3.05) is 7.11 Å². The third-order valence-electron chi connectivity index (χ3n) is 4.11. The van der Waals surface area contributed by atoms with Crippen molar-refractivity contribution >= 4 is 38.3 Å². The minimum absolute atomic E-state index is 0.298. The summed E-state index contributed by atoms with van der Waals surface area (Å²) in [6.07, 6.45) is 0. The first-order chi connectivity index (χ1) is 11.3. The number of nitrogens with zero attached hydrogens (tertiary/aromatic N) is 1. The lowest BCUT2D eigenvalue weighted by Crippen LogP contribution is -2.11. The van der Waals surface area contributed by atoms with Crippen molar-refractivity contribution in [2.45, 2.75) is 6.54 Å². The standard InChI is InChI=1S/C19H15NO2S/c1-22-19(21)17-11-14-9-10-23-18(14)20(17)12-15-7-4-6-13-5-2-3-8-16(13)15/h2-11H,12H2,1H3. The maximum absolute atomic E-state index is 12.1. The molecule has 23 heavy (non-hydrogen) atoms. The van der Waals surface area contributed by atoms with Crippen LogP contribution in [0.25, 0.3) is 21.0 Å². The Morgan fingerprint density at radius 2 is 1.91 bits per heavy atom. The molecule has 4 rings (SSSR count). The van der Waals surface area contributed by atoms with Crippen molar-refractivity contribution < 1.29 is 9.53 Å². The average molecular weight is 321 g/mol. The molecule has 0 saturated heterocycles. The van der Waals surface area contributed by atoms with Crippen LogP contribution in [0.15, 0.2) is 60.0 Å². The van der Waals surface area contributed by atoms with Gasteiger partial charge in [-0.1, -0.05) is 42.5 Å². The van der Waals surface area contributed by atoms with Gasteiger partial charge in [-0.15, -0.1) is 11.3 Å². The van der Waals surface area contributed by atoms with E-state index < -0.39 is 0 Å². The van der Waals surface area contributed by atoms with Crippen LogP contribution in [0.3, 0.4) is 0 Å². The number of hydrogen-bond acceptors (Lipinski definition) is 3. The summed E-state index contributed by atoms with van der Waals surface area (Å²) in [5.41, 5.74) is 1.79. The lowest BCUT2D eigenvalue weighted by molar-refractivity contribution is 0.0589. The van der Waals surface area contributed by atoms with Gasteiger partial charge < -0.3 is 9.30 Å². The Labute approximate surface area is 137 Å². The molecule has 2 aromatic heterocycles. The highest BCUT2D eigenvalue weighted by Crippen LogP contribution is 2.28. The summed E-state index contributed by atoms with van der Waals surface area (Å²) < 4.78 is 7.00. The molecular weight excluding hydrogens is 306 g/mol. The number of aromatic nitrogens is 1. The third kappa shape index (κ3) is 2.32. The third-order valence-corrected chi connectivity index (χ3v) is 5.06. The number of carbonyl (C=O) groups is 1. The van der Waals surface area contributed by atoms with Gasteiger partial charge in [0.1, 0.15) is 10.5 Å². The van der Waals surface area contributed by atoms with Crippen LogP contribution in [0, 0.1) is 0 Å². The van der Waals surface area contributed by atoms with Crippen LogP contribution < -0.4 is 0 Å². The lowest BCUT2D eigenvalue weighted by Gasteiger charge is -2.11. The van der Waals surface area contributed by atoms with Gasteiger partial charge in [-0.25, -0.2) is 4.79 Å². The fourth-order valence-electron chi connectivity index (χ4n) is 3.01.